The summed E-state index contributed by atoms with van der Waals surface area (Å²) in [6.07, 6.45) is 10.8. The Hall–Kier alpha value is -1.55. The van der Waals surface area contributed by atoms with Crippen molar-refractivity contribution in [3.63, 3.8) is 0 Å². The van der Waals surface area contributed by atoms with Crippen LogP contribution in [0.3, 0.4) is 0 Å². The second-order valence-electron chi connectivity index (χ2n) is 6.60. The second-order valence-corrected chi connectivity index (χ2v) is 6.60. The van der Waals surface area contributed by atoms with Gasteiger partial charge in [-0.05, 0) is 30.9 Å². The van der Waals surface area contributed by atoms with Crippen molar-refractivity contribution in [1.82, 2.24) is 0 Å². The van der Waals surface area contributed by atoms with Gasteiger partial charge < -0.3 is 15.5 Å². The normalized spacial score (nSPS) is 21.3. The van der Waals surface area contributed by atoms with E-state index in [9.17, 15) is 10.2 Å². The van der Waals surface area contributed by atoms with Crippen molar-refractivity contribution in [1.29, 1.82) is 0 Å². The van der Waals surface area contributed by atoms with Crippen LogP contribution in [0.4, 0.5) is 11.4 Å². The monoisotopic (exact) mass is 302 g/mol. The van der Waals surface area contributed by atoms with E-state index in [4.69, 9.17) is 0 Å². The maximum atomic E-state index is 10.1. The molecule has 22 heavy (non-hydrogen) atoms. The summed E-state index contributed by atoms with van der Waals surface area (Å²) >= 11 is 0. The fourth-order valence-electron chi connectivity index (χ4n) is 3.59. The lowest BCUT2D eigenvalue weighted by Gasteiger charge is -2.23. The predicted octanol–water partition coefficient (Wildman–Crippen LogP) is 4.35. The summed E-state index contributed by atoms with van der Waals surface area (Å²) in [5, 5.41) is 22.6. The Morgan fingerprint density at radius 3 is 2.77 bits per heavy atom. The molecule has 4 nitrogen and oxygen atoms in total. The van der Waals surface area contributed by atoms with Gasteiger partial charge in [-0.25, -0.2) is 0 Å². The number of fused-ring (bicyclic) bond motifs is 1. The van der Waals surface area contributed by atoms with E-state index in [1.165, 1.54) is 44.9 Å². The third kappa shape index (κ3) is 3.80. The van der Waals surface area contributed by atoms with Crippen molar-refractivity contribution >= 4 is 17.1 Å². The van der Waals surface area contributed by atoms with Crippen LogP contribution in [0, 0.1) is 5.92 Å². The maximum Gasteiger partial charge on any atom is 0.164 e. The molecule has 0 saturated heterocycles. The molecule has 0 radical (unpaired) electrons. The number of benzene rings is 1. The predicted molar refractivity (Wildman–Crippen MR) is 89.9 cm³/mol. The molecule has 1 aromatic rings. The highest BCUT2D eigenvalue weighted by molar-refractivity contribution is 5.97. The SMILES string of the molecule is Oc1ccc2c(c1)NC(O)C(CCCCCC1CCCC1)=N2. The average Bonchev–Trinajstić information content (AvgIpc) is 3.00. The molecule has 1 aromatic carbocycles. The van der Waals surface area contributed by atoms with Crippen molar-refractivity contribution in [2.24, 2.45) is 10.9 Å². The minimum Gasteiger partial charge on any atom is -0.508 e. The van der Waals surface area contributed by atoms with Crippen LogP contribution in [0.15, 0.2) is 23.2 Å². The molecule has 1 heterocycles. The molecule has 3 N–H and O–H groups in total. The summed E-state index contributed by atoms with van der Waals surface area (Å²) in [5.41, 5.74) is 2.29. The molecule has 4 heteroatoms. The molecular formula is C18H26N2O2. The highest BCUT2D eigenvalue weighted by Gasteiger charge is 2.20. The standard InChI is InChI=1S/C18H26N2O2/c21-14-10-11-15-17(12-14)20-18(22)16(19-15)9-3-1-2-6-13-7-4-5-8-13/h10-13,18,20-22H,1-9H2. The summed E-state index contributed by atoms with van der Waals surface area (Å²) < 4.78 is 0. The smallest absolute Gasteiger partial charge is 0.164 e. The molecule has 1 aliphatic carbocycles. The van der Waals surface area contributed by atoms with E-state index in [0.29, 0.717) is 5.69 Å². The molecule has 1 unspecified atom stereocenters. The highest BCUT2D eigenvalue weighted by atomic mass is 16.3. The zero-order chi connectivity index (χ0) is 15.4. The summed E-state index contributed by atoms with van der Waals surface area (Å²) in [7, 11) is 0. The van der Waals surface area contributed by atoms with E-state index in [-0.39, 0.29) is 5.75 Å². The van der Waals surface area contributed by atoms with Gasteiger partial charge in [0.2, 0.25) is 0 Å². The molecule has 1 fully saturated rings. The van der Waals surface area contributed by atoms with Crippen LogP contribution in [0.5, 0.6) is 5.75 Å². The van der Waals surface area contributed by atoms with Crippen molar-refractivity contribution in [2.45, 2.75) is 64.0 Å². The van der Waals surface area contributed by atoms with Gasteiger partial charge >= 0.3 is 0 Å². The molecule has 0 aromatic heterocycles. The minimum atomic E-state index is -0.732. The van der Waals surface area contributed by atoms with E-state index in [0.717, 1.165) is 30.2 Å². The van der Waals surface area contributed by atoms with Gasteiger partial charge in [-0.2, -0.15) is 0 Å². The van der Waals surface area contributed by atoms with E-state index < -0.39 is 6.23 Å². The molecule has 0 bridgehead atoms. The number of nitrogens with one attached hydrogen (secondary N) is 1. The maximum absolute atomic E-state index is 10.1. The van der Waals surface area contributed by atoms with Gasteiger partial charge in [-0.15, -0.1) is 0 Å². The van der Waals surface area contributed by atoms with E-state index in [1.54, 1.807) is 18.2 Å². The Kier molecular flexibility index (Phi) is 4.98. The van der Waals surface area contributed by atoms with E-state index in [2.05, 4.69) is 10.3 Å². The van der Waals surface area contributed by atoms with Gasteiger partial charge in [0.1, 0.15) is 5.75 Å². The number of anilines is 1. The summed E-state index contributed by atoms with van der Waals surface area (Å²) in [6.45, 7) is 0. The molecule has 3 rings (SSSR count). The Morgan fingerprint density at radius 2 is 1.95 bits per heavy atom. The Morgan fingerprint density at radius 1 is 1.14 bits per heavy atom. The van der Waals surface area contributed by atoms with Crippen LogP contribution in [0.2, 0.25) is 0 Å². The average molecular weight is 302 g/mol. The van der Waals surface area contributed by atoms with Crippen LogP contribution in [0.25, 0.3) is 0 Å². The second kappa shape index (κ2) is 7.14. The van der Waals surface area contributed by atoms with Crippen LogP contribution < -0.4 is 5.32 Å². The van der Waals surface area contributed by atoms with Gasteiger partial charge in [0.15, 0.2) is 6.23 Å². The topological polar surface area (TPSA) is 64.8 Å². The third-order valence-electron chi connectivity index (χ3n) is 4.87. The van der Waals surface area contributed by atoms with Crippen LogP contribution in [-0.2, 0) is 0 Å². The highest BCUT2D eigenvalue weighted by Crippen LogP contribution is 2.33. The Labute approximate surface area is 132 Å². The van der Waals surface area contributed by atoms with Gasteiger partial charge in [-0.3, -0.25) is 4.99 Å². The largest absolute Gasteiger partial charge is 0.508 e. The summed E-state index contributed by atoms with van der Waals surface area (Å²) in [5.74, 6) is 1.16. The molecule has 1 aliphatic heterocycles. The zero-order valence-corrected chi connectivity index (χ0v) is 13.1. The van der Waals surface area contributed by atoms with Crippen molar-refractivity contribution in [3.05, 3.63) is 18.2 Å². The molecule has 2 aliphatic rings. The minimum absolute atomic E-state index is 0.184. The molecule has 0 amide bonds. The lowest BCUT2D eigenvalue weighted by atomic mass is 9.98. The summed E-state index contributed by atoms with van der Waals surface area (Å²) in [6, 6.07) is 5.00. The van der Waals surface area contributed by atoms with E-state index >= 15 is 0 Å². The molecule has 1 atom stereocenters. The lowest BCUT2D eigenvalue weighted by Crippen LogP contribution is -2.31. The Balaban J connectivity index is 1.46. The summed E-state index contributed by atoms with van der Waals surface area (Å²) in [4.78, 5) is 4.54. The number of phenolic OH excluding ortho intramolecular Hbond substituents is 1. The number of aromatic hydroxyl groups is 1. The van der Waals surface area contributed by atoms with Gasteiger partial charge in [-0.1, -0.05) is 44.9 Å². The first kappa shape index (κ1) is 15.3. The number of unbranched alkanes of at least 4 members (excludes halogenated alkanes) is 2. The molecule has 0 spiro atoms. The third-order valence-corrected chi connectivity index (χ3v) is 4.87. The van der Waals surface area contributed by atoms with Gasteiger partial charge in [0.25, 0.3) is 0 Å². The van der Waals surface area contributed by atoms with Gasteiger partial charge in [0, 0.05) is 6.07 Å². The number of aliphatic imine (C=N–C) groups is 1. The van der Waals surface area contributed by atoms with Gasteiger partial charge in [0.05, 0.1) is 17.1 Å². The fourth-order valence-corrected chi connectivity index (χ4v) is 3.59. The number of aliphatic hydroxyl groups is 1. The number of nitrogens with zero attached hydrogens (tertiary/aromatic N) is 1. The molecule has 1 saturated carbocycles. The fraction of sp³-hybridized carbons (Fsp3) is 0.611. The molecular weight excluding hydrogens is 276 g/mol. The van der Waals surface area contributed by atoms with E-state index in [1.807, 2.05) is 0 Å². The zero-order valence-electron chi connectivity index (χ0n) is 13.1. The van der Waals surface area contributed by atoms with Crippen LogP contribution in [0.1, 0.15) is 57.8 Å². The number of rotatable bonds is 6. The first-order valence-corrected chi connectivity index (χ1v) is 8.57. The molecule has 120 valence electrons. The first-order chi connectivity index (χ1) is 10.7. The van der Waals surface area contributed by atoms with Crippen LogP contribution >= 0.6 is 0 Å². The first-order valence-electron chi connectivity index (χ1n) is 8.57. The quantitative estimate of drug-likeness (QED) is 0.684. The number of aliphatic hydroxyl groups excluding tert-OH is 1. The van der Waals surface area contributed by atoms with Crippen molar-refractivity contribution < 1.29 is 10.2 Å². The number of phenols is 1. The number of hydrogen-bond donors (Lipinski definition) is 3. The lowest BCUT2D eigenvalue weighted by molar-refractivity contribution is 0.266. The number of hydrogen-bond acceptors (Lipinski definition) is 4. The van der Waals surface area contributed by atoms with Crippen molar-refractivity contribution in [3.8, 4) is 5.75 Å². The van der Waals surface area contributed by atoms with Crippen LogP contribution in [-0.4, -0.2) is 22.2 Å². The Bertz CT molecular complexity index is 536. The van der Waals surface area contributed by atoms with Crippen molar-refractivity contribution in [2.75, 3.05) is 5.32 Å².